The van der Waals surface area contributed by atoms with Gasteiger partial charge in [-0.15, -0.1) is 0 Å². The predicted molar refractivity (Wildman–Crippen MR) is 74.7 cm³/mol. The number of halogens is 1. The Hall–Kier alpha value is -1.42. The van der Waals surface area contributed by atoms with Crippen LogP contribution in [0.25, 0.3) is 11.0 Å². The topological polar surface area (TPSA) is 29.9 Å². The fourth-order valence-electron chi connectivity index (χ4n) is 2.74. The number of hydrogen-bond acceptors (Lipinski definition) is 2. The molecule has 0 amide bonds. The van der Waals surface area contributed by atoms with Crippen molar-refractivity contribution >= 4 is 11.0 Å². The molecule has 1 aromatic carbocycles. The normalized spacial score (nSPS) is 16.2. The molecule has 0 atom stereocenters. The highest BCUT2D eigenvalue weighted by Crippen LogP contribution is 2.40. The van der Waals surface area contributed by atoms with Crippen LogP contribution in [0.5, 0.6) is 0 Å². The van der Waals surface area contributed by atoms with Crippen LogP contribution in [0, 0.1) is 5.82 Å². The minimum atomic E-state index is -0.222. The number of fused-ring (bicyclic) bond motifs is 1. The first kappa shape index (κ1) is 12.6. The first-order chi connectivity index (χ1) is 9.03. The van der Waals surface area contributed by atoms with Crippen LogP contribution in [0.3, 0.4) is 0 Å². The maximum absolute atomic E-state index is 13.4. The smallest absolute Gasteiger partial charge is 0.129 e. The van der Waals surface area contributed by atoms with E-state index in [0.29, 0.717) is 6.04 Å². The van der Waals surface area contributed by atoms with Crippen LogP contribution < -0.4 is 5.32 Å². The molecule has 0 aliphatic heterocycles. The van der Waals surface area contributed by atoms with Crippen molar-refractivity contribution in [2.24, 2.45) is 0 Å². The van der Waals surface area contributed by atoms with Gasteiger partial charge < -0.3 is 9.88 Å². The molecule has 1 aromatic heterocycles. The minimum absolute atomic E-state index is 0.202. The van der Waals surface area contributed by atoms with E-state index in [4.69, 9.17) is 0 Å². The second-order valence-electron chi connectivity index (χ2n) is 5.82. The Bertz CT molecular complexity index is 611. The van der Waals surface area contributed by atoms with Gasteiger partial charge in [0.05, 0.1) is 16.6 Å². The summed E-state index contributed by atoms with van der Waals surface area (Å²) in [7, 11) is 0. The van der Waals surface area contributed by atoms with Crippen LogP contribution in [0.4, 0.5) is 4.39 Å². The Morgan fingerprint density at radius 2 is 2.16 bits per heavy atom. The molecular formula is C15H20FN3. The first-order valence-corrected chi connectivity index (χ1v) is 6.96. The van der Waals surface area contributed by atoms with E-state index in [1.54, 1.807) is 0 Å². The molecule has 0 bridgehead atoms. The average molecular weight is 261 g/mol. The molecule has 1 aliphatic carbocycles. The molecule has 0 spiro atoms. The van der Waals surface area contributed by atoms with Crippen molar-refractivity contribution in [3.05, 3.63) is 29.8 Å². The molecule has 1 aliphatic rings. The van der Waals surface area contributed by atoms with Gasteiger partial charge in [-0.2, -0.15) is 0 Å². The van der Waals surface area contributed by atoms with E-state index in [2.05, 4.69) is 35.6 Å². The van der Waals surface area contributed by atoms with E-state index in [1.165, 1.54) is 25.0 Å². The Kier molecular flexibility index (Phi) is 2.86. The summed E-state index contributed by atoms with van der Waals surface area (Å²) in [4.78, 5) is 4.69. The second-order valence-corrected chi connectivity index (χ2v) is 5.82. The molecule has 3 rings (SSSR count). The fourth-order valence-corrected chi connectivity index (χ4v) is 2.74. The number of aromatic nitrogens is 2. The van der Waals surface area contributed by atoms with E-state index in [-0.39, 0.29) is 11.4 Å². The van der Waals surface area contributed by atoms with Crippen molar-refractivity contribution in [3.63, 3.8) is 0 Å². The Morgan fingerprint density at radius 3 is 2.79 bits per heavy atom. The van der Waals surface area contributed by atoms with E-state index in [9.17, 15) is 4.39 Å². The van der Waals surface area contributed by atoms with Crippen LogP contribution in [0.15, 0.2) is 18.2 Å². The van der Waals surface area contributed by atoms with Gasteiger partial charge >= 0.3 is 0 Å². The highest BCUT2D eigenvalue weighted by molar-refractivity contribution is 5.76. The van der Waals surface area contributed by atoms with E-state index >= 15 is 0 Å². The third kappa shape index (κ3) is 2.14. The summed E-state index contributed by atoms with van der Waals surface area (Å²) in [5.74, 6) is 0.790. The van der Waals surface area contributed by atoms with Gasteiger partial charge in [-0.05, 0) is 45.4 Å². The molecule has 4 heteroatoms. The van der Waals surface area contributed by atoms with Gasteiger partial charge in [0.25, 0.3) is 0 Å². The Balaban J connectivity index is 2.20. The molecule has 0 unspecified atom stereocenters. The zero-order valence-corrected chi connectivity index (χ0v) is 11.7. The zero-order valence-electron chi connectivity index (χ0n) is 11.7. The lowest BCUT2D eigenvalue weighted by Gasteiger charge is -2.26. The number of nitrogens with one attached hydrogen (secondary N) is 1. The van der Waals surface area contributed by atoms with Gasteiger partial charge in [-0.1, -0.05) is 6.92 Å². The lowest BCUT2D eigenvalue weighted by molar-refractivity contribution is 0.376. The van der Waals surface area contributed by atoms with Crippen molar-refractivity contribution in [1.29, 1.82) is 0 Å². The first-order valence-electron chi connectivity index (χ1n) is 6.96. The number of imidazole rings is 1. The quantitative estimate of drug-likeness (QED) is 0.914. The molecule has 1 fully saturated rings. The molecule has 0 saturated heterocycles. The SMILES string of the molecule is CCNC(C)(C)c1nc2cc(F)ccc2n1C1CC1. The second kappa shape index (κ2) is 4.30. The third-order valence-corrected chi connectivity index (χ3v) is 3.74. The number of rotatable bonds is 4. The molecule has 102 valence electrons. The molecule has 3 nitrogen and oxygen atoms in total. The van der Waals surface area contributed by atoms with Gasteiger partial charge in [-0.3, -0.25) is 0 Å². The monoisotopic (exact) mass is 261 g/mol. The number of benzene rings is 1. The number of nitrogens with zero attached hydrogens (tertiary/aromatic N) is 2. The molecule has 19 heavy (non-hydrogen) atoms. The van der Waals surface area contributed by atoms with Crippen molar-refractivity contribution in [2.45, 2.75) is 45.2 Å². The average Bonchev–Trinajstić information content (AvgIpc) is 3.09. The molecule has 1 N–H and O–H groups in total. The lowest BCUT2D eigenvalue weighted by Crippen LogP contribution is -2.38. The molecule has 2 aromatic rings. The van der Waals surface area contributed by atoms with Crippen LogP contribution in [-0.4, -0.2) is 16.1 Å². The predicted octanol–water partition coefficient (Wildman–Crippen LogP) is 3.35. The summed E-state index contributed by atoms with van der Waals surface area (Å²) >= 11 is 0. The lowest BCUT2D eigenvalue weighted by atomic mass is 10.0. The van der Waals surface area contributed by atoms with E-state index in [1.807, 2.05) is 6.07 Å². The standard InChI is InChI=1S/C15H20FN3/c1-4-17-15(2,3)14-18-12-9-10(16)5-8-13(12)19(14)11-6-7-11/h5,8-9,11,17H,4,6-7H2,1-3H3. The minimum Gasteiger partial charge on any atom is -0.323 e. The summed E-state index contributed by atoms with van der Waals surface area (Å²) < 4.78 is 15.7. The molecular weight excluding hydrogens is 241 g/mol. The zero-order chi connectivity index (χ0) is 13.6. The van der Waals surface area contributed by atoms with Gasteiger partial charge in [0.15, 0.2) is 0 Å². The van der Waals surface area contributed by atoms with Crippen LogP contribution in [0.1, 0.15) is 45.5 Å². The van der Waals surface area contributed by atoms with E-state index in [0.717, 1.165) is 23.4 Å². The Labute approximate surface area is 112 Å². The van der Waals surface area contributed by atoms with Crippen LogP contribution >= 0.6 is 0 Å². The Morgan fingerprint density at radius 1 is 1.42 bits per heavy atom. The molecule has 1 saturated carbocycles. The maximum atomic E-state index is 13.4. The highest BCUT2D eigenvalue weighted by Gasteiger charge is 2.34. The molecule has 0 radical (unpaired) electrons. The van der Waals surface area contributed by atoms with E-state index < -0.39 is 0 Å². The van der Waals surface area contributed by atoms with Crippen molar-refractivity contribution in [3.8, 4) is 0 Å². The van der Waals surface area contributed by atoms with Gasteiger partial charge in [0, 0.05) is 12.1 Å². The largest absolute Gasteiger partial charge is 0.323 e. The molecule has 1 heterocycles. The van der Waals surface area contributed by atoms with Crippen molar-refractivity contribution in [1.82, 2.24) is 14.9 Å². The summed E-state index contributed by atoms with van der Waals surface area (Å²) in [6, 6.07) is 5.43. The summed E-state index contributed by atoms with van der Waals surface area (Å²) in [5.41, 5.74) is 1.60. The highest BCUT2D eigenvalue weighted by atomic mass is 19.1. The summed E-state index contributed by atoms with van der Waals surface area (Å²) in [5, 5.41) is 3.46. The van der Waals surface area contributed by atoms with Crippen LogP contribution in [0.2, 0.25) is 0 Å². The van der Waals surface area contributed by atoms with Gasteiger partial charge in [-0.25, -0.2) is 9.37 Å². The van der Waals surface area contributed by atoms with Crippen LogP contribution in [-0.2, 0) is 5.54 Å². The number of hydrogen-bond donors (Lipinski definition) is 1. The fraction of sp³-hybridized carbons (Fsp3) is 0.533. The summed E-state index contributed by atoms with van der Waals surface area (Å²) in [6.45, 7) is 7.24. The third-order valence-electron chi connectivity index (χ3n) is 3.74. The van der Waals surface area contributed by atoms with Gasteiger partial charge in [0.1, 0.15) is 11.6 Å². The maximum Gasteiger partial charge on any atom is 0.129 e. The summed E-state index contributed by atoms with van der Waals surface area (Å²) in [6.07, 6.45) is 2.39. The van der Waals surface area contributed by atoms with Crippen molar-refractivity contribution < 1.29 is 4.39 Å². The van der Waals surface area contributed by atoms with Crippen molar-refractivity contribution in [2.75, 3.05) is 6.54 Å². The van der Waals surface area contributed by atoms with Gasteiger partial charge in [0.2, 0.25) is 0 Å².